The van der Waals surface area contributed by atoms with Crippen LogP contribution in [0.15, 0.2) is 0 Å². The van der Waals surface area contributed by atoms with Gasteiger partial charge in [-0.2, -0.15) is 0 Å². The average molecular weight is 111 g/mol. The minimum atomic E-state index is 1.27. The fourth-order valence-corrected chi connectivity index (χ4v) is 1.10. The van der Waals surface area contributed by atoms with Crippen molar-refractivity contribution >= 4 is 0 Å². The second-order valence-corrected chi connectivity index (χ2v) is 2.23. The van der Waals surface area contributed by atoms with Crippen LogP contribution < -0.4 is 0 Å². The second-order valence-electron chi connectivity index (χ2n) is 2.23. The standard InChI is InChI=1S/C7H13N/c1-2-5-8-6-3-4-7-8/h2,5H,3-4,6-7H2,1H3. The van der Waals surface area contributed by atoms with Gasteiger partial charge in [0.25, 0.3) is 0 Å². The first-order chi connectivity index (χ1) is 3.93. The van der Waals surface area contributed by atoms with E-state index in [0.29, 0.717) is 0 Å². The molecule has 0 aliphatic carbocycles. The van der Waals surface area contributed by atoms with Gasteiger partial charge in [-0.1, -0.05) is 6.92 Å². The fraction of sp³-hybridized carbons (Fsp3) is 0.714. The van der Waals surface area contributed by atoms with Crippen LogP contribution in [-0.4, -0.2) is 18.0 Å². The Kier molecular flexibility index (Phi) is 2.34. The molecule has 1 fully saturated rings. The number of nitrogens with zero attached hydrogens (tertiary/aromatic N) is 1. The van der Waals surface area contributed by atoms with Gasteiger partial charge in [0.15, 0.2) is 0 Å². The van der Waals surface area contributed by atoms with Crippen LogP contribution in [0.5, 0.6) is 0 Å². The summed E-state index contributed by atoms with van der Waals surface area (Å²) in [6.45, 7) is 6.78. The lowest BCUT2D eigenvalue weighted by atomic mass is 10.4. The topological polar surface area (TPSA) is 3.24 Å². The Labute approximate surface area is 51.7 Å². The van der Waals surface area contributed by atoms with Crippen molar-refractivity contribution in [3.05, 3.63) is 13.0 Å². The highest BCUT2D eigenvalue weighted by atomic mass is 15.1. The minimum Gasteiger partial charge on any atom is -0.299 e. The molecule has 0 aromatic carbocycles. The molecule has 0 unspecified atom stereocenters. The van der Waals surface area contributed by atoms with Gasteiger partial charge in [0, 0.05) is 6.54 Å². The third-order valence-electron chi connectivity index (χ3n) is 1.50. The van der Waals surface area contributed by atoms with E-state index in [4.69, 9.17) is 0 Å². The van der Waals surface area contributed by atoms with E-state index < -0.39 is 0 Å². The van der Waals surface area contributed by atoms with Gasteiger partial charge < -0.3 is 0 Å². The van der Waals surface area contributed by atoms with Crippen LogP contribution in [0.1, 0.15) is 19.8 Å². The Morgan fingerprint density at radius 3 is 2.38 bits per heavy atom. The summed E-state index contributed by atoms with van der Waals surface area (Å²) >= 11 is 0. The maximum Gasteiger partial charge on any atom is 0.0282 e. The zero-order chi connectivity index (χ0) is 5.82. The molecular formula is C7H13N. The first kappa shape index (κ1) is 6.09. The maximum absolute atomic E-state index is 2.36. The maximum atomic E-state index is 2.36. The van der Waals surface area contributed by atoms with Crippen molar-refractivity contribution in [3.8, 4) is 0 Å². The van der Waals surface area contributed by atoms with E-state index >= 15 is 0 Å². The van der Waals surface area contributed by atoms with Crippen molar-refractivity contribution < 1.29 is 0 Å². The molecule has 1 nitrogen and oxygen atoms in total. The lowest BCUT2D eigenvalue weighted by molar-refractivity contribution is 0.424. The Morgan fingerprint density at radius 1 is 1.25 bits per heavy atom. The smallest absolute Gasteiger partial charge is 0.0282 e. The minimum absolute atomic E-state index is 1.27. The number of rotatable bonds is 2. The molecule has 0 aromatic heterocycles. The Bertz CT molecular complexity index is 55.4. The summed E-state index contributed by atoms with van der Waals surface area (Å²) in [6, 6.07) is 0. The van der Waals surface area contributed by atoms with Gasteiger partial charge in [0.1, 0.15) is 0 Å². The molecular weight excluding hydrogens is 98.1 g/mol. The van der Waals surface area contributed by atoms with Gasteiger partial charge in [-0.15, -0.1) is 0 Å². The van der Waals surface area contributed by atoms with E-state index in [-0.39, 0.29) is 0 Å². The molecule has 0 N–H and O–H groups in total. The predicted molar refractivity (Wildman–Crippen MR) is 35.1 cm³/mol. The molecule has 0 aromatic rings. The molecule has 0 saturated carbocycles. The number of likely N-dealkylation sites (tertiary alicyclic amines) is 1. The zero-order valence-corrected chi connectivity index (χ0v) is 5.43. The van der Waals surface area contributed by atoms with Crippen LogP contribution in [0.3, 0.4) is 0 Å². The van der Waals surface area contributed by atoms with E-state index in [1.807, 2.05) is 0 Å². The van der Waals surface area contributed by atoms with Crippen molar-refractivity contribution in [1.29, 1.82) is 0 Å². The summed E-state index contributed by atoms with van der Waals surface area (Å²) < 4.78 is 0. The molecule has 0 bridgehead atoms. The van der Waals surface area contributed by atoms with Crippen LogP contribution in [0.25, 0.3) is 0 Å². The van der Waals surface area contributed by atoms with E-state index in [1.54, 1.807) is 0 Å². The van der Waals surface area contributed by atoms with Crippen molar-refractivity contribution in [2.24, 2.45) is 0 Å². The fourth-order valence-electron chi connectivity index (χ4n) is 1.10. The van der Waals surface area contributed by atoms with Gasteiger partial charge in [-0.25, -0.2) is 0 Å². The van der Waals surface area contributed by atoms with Gasteiger partial charge in [-0.05, 0) is 32.4 Å². The van der Waals surface area contributed by atoms with Crippen molar-refractivity contribution in [2.45, 2.75) is 19.8 Å². The summed E-state index contributed by atoms with van der Waals surface area (Å²) in [7, 11) is 0. The molecule has 46 valence electrons. The Hall–Kier alpha value is -0.0400. The van der Waals surface area contributed by atoms with E-state index in [1.165, 1.54) is 25.9 Å². The first-order valence-corrected chi connectivity index (χ1v) is 3.30. The van der Waals surface area contributed by atoms with Gasteiger partial charge in [-0.3, -0.25) is 4.90 Å². The van der Waals surface area contributed by atoms with E-state index in [9.17, 15) is 0 Å². The van der Waals surface area contributed by atoms with E-state index in [0.717, 1.165) is 0 Å². The Morgan fingerprint density at radius 2 is 1.88 bits per heavy atom. The lowest BCUT2D eigenvalue weighted by Crippen LogP contribution is -2.14. The lowest BCUT2D eigenvalue weighted by Gasteiger charge is -2.10. The van der Waals surface area contributed by atoms with Crippen LogP contribution in [0.2, 0.25) is 0 Å². The van der Waals surface area contributed by atoms with Crippen LogP contribution in [0, 0.1) is 13.0 Å². The molecule has 8 heavy (non-hydrogen) atoms. The first-order valence-electron chi connectivity index (χ1n) is 3.30. The van der Waals surface area contributed by atoms with Crippen molar-refractivity contribution in [1.82, 2.24) is 4.90 Å². The molecule has 1 aliphatic rings. The largest absolute Gasteiger partial charge is 0.299 e. The van der Waals surface area contributed by atoms with Crippen LogP contribution in [0.4, 0.5) is 0 Å². The van der Waals surface area contributed by atoms with Gasteiger partial charge in [0.2, 0.25) is 0 Å². The van der Waals surface area contributed by atoms with Gasteiger partial charge >= 0.3 is 0 Å². The van der Waals surface area contributed by atoms with Crippen LogP contribution >= 0.6 is 0 Å². The highest BCUT2D eigenvalue weighted by Gasteiger charge is 2.08. The second kappa shape index (κ2) is 3.08. The average Bonchev–Trinajstić information content (AvgIpc) is 2.19. The molecule has 1 aliphatic heterocycles. The predicted octanol–water partition coefficient (Wildman–Crippen LogP) is 1.47. The summed E-state index contributed by atoms with van der Waals surface area (Å²) in [5, 5.41) is 0. The summed E-state index contributed by atoms with van der Waals surface area (Å²) in [5.74, 6) is 0. The number of hydrogen-bond donors (Lipinski definition) is 0. The molecule has 1 heteroatoms. The number of hydrogen-bond acceptors (Lipinski definition) is 1. The molecule has 1 heterocycles. The highest BCUT2D eigenvalue weighted by molar-refractivity contribution is 4.82. The SMILES string of the molecule is C[CH][CH]N1CCCC1. The third-order valence-corrected chi connectivity index (χ3v) is 1.50. The van der Waals surface area contributed by atoms with Crippen molar-refractivity contribution in [3.63, 3.8) is 0 Å². The van der Waals surface area contributed by atoms with Crippen molar-refractivity contribution in [2.75, 3.05) is 13.1 Å². The molecule has 0 amide bonds. The van der Waals surface area contributed by atoms with E-state index in [2.05, 4.69) is 24.8 Å². The summed E-state index contributed by atoms with van der Waals surface area (Å²) in [5.41, 5.74) is 0. The normalized spacial score (nSPS) is 22.1. The Balaban J connectivity index is 2.06. The molecule has 2 radical (unpaired) electrons. The molecule has 1 rings (SSSR count). The van der Waals surface area contributed by atoms with Crippen LogP contribution in [-0.2, 0) is 0 Å². The van der Waals surface area contributed by atoms with Gasteiger partial charge in [0.05, 0.1) is 0 Å². The molecule has 0 spiro atoms. The zero-order valence-electron chi connectivity index (χ0n) is 5.43. The monoisotopic (exact) mass is 111 g/mol. The molecule has 0 atom stereocenters. The molecule has 1 saturated heterocycles. The quantitative estimate of drug-likeness (QED) is 0.521. The highest BCUT2D eigenvalue weighted by Crippen LogP contribution is 2.08. The third kappa shape index (κ3) is 1.48. The summed E-state index contributed by atoms with van der Waals surface area (Å²) in [6.07, 6.45) is 4.86. The summed E-state index contributed by atoms with van der Waals surface area (Å²) in [4.78, 5) is 2.36.